The highest BCUT2D eigenvalue weighted by molar-refractivity contribution is 9.10. The first kappa shape index (κ1) is 18.3. The van der Waals surface area contributed by atoms with Crippen molar-refractivity contribution in [3.8, 4) is 11.5 Å². The third-order valence-electron chi connectivity index (χ3n) is 3.88. The Labute approximate surface area is 161 Å². The fraction of sp³-hybridized carbons (Fsp3) is 0.263. The van der Waals surface area contributed by atoms with Crippen molar-refractivity contribution in [2.45, 2.75) is 20.4 Å². The van der Waals surface area contributed by atoms with E-state index in [9.17, 15) is 0 Å². The van der Waals surface area contributed by atoms with E-state index >= 15 is 0 Å². The molecule has 3 aromatic rings. The minimum Gasteiger partial charge on any atom is -0.492 e. The normalized spacial score (nSPS) is 11.2. The van der Waals surface area contributed by atoms with Crippen LogP contribution in [0.5, 0.6) is 11.5 Å². The quantitative estimate of drug-likeness (QED) is 0.448. The van der Waals surface area contributed by atoms with Crippen molar-refractivity contribution in [3.05, 3.63) is 46.4 Å². The van der Waals surface area contributed by atoms with Crippen molar-refractivity contribution in [2.75, 3.05) is 19.1 Å². The van der Waals surface area contributed by atoms with Crippen LogP contribution in [0, 0.1) is 0 Å². The van der Waals surface area contributed by atoms with E-state index in [1.165, 1.54) is 0 Å². The molecule has 6 nitrogen and oxygen atoms in total. The van der Waals surface area contributed by atoms with Crippen molar-refractivity contribution in [1.82, 2.24) is 9.55 Å². The molecule has 0 saturated carbocycles. The predicted octanol–water partition coefficient (Wildman–Crippen LogP) is 4.67. The number of halogens is 1. The lowest BCUT2D eigenvalue weighted by Gasteiger charge is -2.11. The zero-order valence-corrected chi connectivity index (χ0v) is 16.6. The van der Waals surface area contributed by atoms with Gasteiger partial charge in [-0.3, -0.25) is 0 Å². The number of methoxy groups -OCH3 is 1. The number of hydrogen-bond acceptors (Lipinski definition) is 5. The summed E-state index contributed by atoms with van der Waals surface area (Å²) in [5.74, 6) is 2.05. The summed E-state index contributed by atoms with van der Waals surface area (Å²) in [6, 6.07) is 11.8. The van der Waals surface area contributed by atoms with Gasteiger partial charge in [0.2, 0.25) is 5.95 Å². The number of nitrogens with one attached hydrogen (secondary N) is 1. The minimum atomic E-state index is 0.558. The Hall–Kier alpha value is -2.54. The van der Waals surface area contributed by atoms with Crippen LogP contribution in [0.1, 0.15) is 19.4 Å². The molecular weight excluding hydrogens is 396 g/mol. The van der Waals surface area contributed by atoms with Gasteiger partial charge >= 0.3 is 0 Å². The van der Waals surface area contributed by atoms with Gasteiger partial charge in [-0.2, -0.15) is 5.10 Å². The topological polar surface area (TPSA) is 60.7 Å². The summed E-state index contributed by atoms with van der Waals surface area (Å²) in [4.78, 5) is 4.59. The monoisotopic (exact) mass is 416 g/mol. The second-order valence-corrected chi connectivity index (χ2v) is 6.36. The zero-order valence-electron chi connectivity index (χ0n) is 15.0. The van der Waals surface area contributed by atoms with Gasteiger partial charge in [0.15, 0.2) is 11.5 Å². The molecule has 0 atom stereocenters. The third kappa shape index (κ3) is 3.67. The van der Waals surface area contributed by atoms with E-state index in [1.54, 1.807) is 13.3 Å². The Morgan fingerprint density at radius 1 is 1.27 bits per heavy atom. The minimum absolute atomic E-state index is 0.558. The lowest BCUT2D eigenvalue weighted by molar-refractivity contribution is 0.310. The highest BCUT2D eigenvalue weighted by Gasteiger charge is 2.11. The van der Waals surface area contributed by atoms with E-state index in [-0.39, 0.29) is 0 Å². The van der Waals surface area contributed by atoms with Gasteiger partial charge in [-0.05, 0) is 59.6 Å². The molecule has 0 unspecified atom stereocenters. The molecule has 0 aliphatic rings. The highest BCUT2D eigenvalue weighted by Crippen LogP contribution is 2.36. The number of imidazole rings is 1. The maximum Gasteiger partial charge on any atom is 0.224 e. The maximum absolute atomic E-state index is 5.64. The average molecular weight is 417 g/mol. The van der Waals surface area contributed by atoms with Crippen LogP contribution in [-0.2, 0) is 6.54 Å². The van der Waals surface area contributed by atoms with Crippen molar-refractivity contribution in [2.24, 2.45) is 5.10 Å². The van der Waals surface area contributed by atoms with Gasteiger partial charge in [0.1, 0.15) is 0 Å². The second kappa shape index (κ2) is 8.23. The summed E-state index contributed by atoms with van der Waals surface area (Å²) < 4.78 is 13.9. The van der Waals surface area contributed by atoms with Crippen molar-refractivity contribution >= 4 is 39.1 Å². The van der Waals surface area contributed by atoms with Gasteiger partial charge in [0, 0.05) is 6.54 Å². The van der Waals surface area contributed by atoms with Crippen LogP contribution in [-0.4, -0.2) is 29.5 Å². The van der Waals surface area contributed by atoms with Crippen molar-refractivity contribution in [3.63, 3.8) is 0 Å². The summed E-state index contributed by atoms with van der Waals surface area (Å²) in [6.07, 6.45) is 1.73. The van der Waals surface area contributed by atoms with Gasteiger partial charge < -0.3 is 14.0 Å². The molecule has 2 aromatic carbocycles. The Morgan fingerprint density at radius 3 is 2.81 bits per heavy atom. The first-order chi connectivity index (χ1) is 12.7. The number of hydrazone groups is 1. The van der Waals surface area contributed by atoms with Gasteiger partial charge in [0.05, 0.1) is 35.4 Å². The standard InChI is InChI=1S/C19H21BrN4O2/c1-4-24-16-9-7-6-8-15(16)22-19(24)23-21-12-13-10-14(20)18(25-3)17(11-13)26-5-2/h6-12H,4-5H2,1-3H3,(H,22,23)/b21-12-. The number of anilines is 1. The number of para-hydroxylation sites is 2. The molecule has 0 fully saturated rings. The van der Waals surface area contributed by atoms with Gasteiger partial charge in [-0.1, -0.05) is 12.1 Å². The Kier molecular flexibility index (Phi) is 5.78. The van der Waals surface area contributed by atoms with Crippen LogP contribution in [0.4, 0.5) is 5.95 Å². The number of fused-ring (bicyclic) bond motifs is 1. The summed E-state index contributed by atoms with van der Waals surface area (Å²) in [6.45, 7) is 5.38. The summed E-state index contributed by atoms with van der Waals surface area (Å²) in [7, 11) is 1.62. The molecule has 0 aliphatic heterocycles. The largest absolute Gasteiger partial charge is 0.492 e. The van der Waals surface area contributed by atoms with Crippen LogP contribution in [0.3, 0.4) is 0 Å². The first-order valence-corrected chi connectivity index (χ1v) is 9.21. The Balaban J connectivity index is 1.85. The number of aryl methyl sites for hydroxylation is 1. The van der Waals surface area contributed by atoms with E-state index < -0.39 is 0 Å². The molecule has 26 heavy (non-hydrogen) atoms. The molecule has 1 N–H and O–H groups in total. The molecule has 1 heterocycles. The number of benzene rings is 2. The van der Waals surface area contributed by atoms with Crippen LogP contribution < -0.4 is 14.9 Å². The molecule has 0 saturated heterocycles. The van der Waals surface area contributed by atoms with E-state index in [2.05, 4.69) is 49.0 Å². The SMILES string of the molecule is CCOc1cc(/C=N\Nc2nc3ccccc3n2CC)cc(Br)c1OC. The summed E-state index contributed by atoms with van der Waals surface area (Å²) in [5, 5.41) is 4.34. The molecule has 3 rings (SSSR count). The molecule has 0 spiro atoms. The predicted molar refractivity (Wildman–Crippen MR) is 108 cm³/mol. The van der Waals surface area contributed by atoms with Crippen molar-refractivity contribution < 1.29 is 9.47 Å². The Bertz CT molecular complexity index is 937. The lowest BCUT2D eigenvalue weighted by atomic mass is 10.2. The van der Waals surface area contributed by atoms with Crippen LogP contribution >= 0.6 is 15.9 Å². The van der Waals surface area contributed by atoms with E-state index in [1.807, 2.05) is 37.3 Å². The lowest BCUT2D eigenvalue weighted by Crippen LogP contribution is -2.02. The van der Waals surface area contributed by atoms with Crippen LogP contribution in [0.15, 0.2) is 46.0 Å². The smallest absolute Gasteiger partial charge is 0.224 e. The number of aromatic nitrogens is 2. The molecular formula is C19H21BrN4O2. The zero-order chi connectivity index (χ0) is 18.5. The number of ether oxygens (including phenoxy) is 2. The molecule has 1 aromatic heterocycles. The Morgan fingerprint density at radius 2 is 2.08 bits per heavy atom. The second-order valence-electron chi connectivity index (χ2n) is 5.51. The number of nitrogens with zero attached hydrogens (tertiary/aromatic N) is 3. The number of rotatable bonds is 7. The molecule has 0 aliphatic carbocycles. The average Bonchev–Trinajstić information content (AvgIpc) is 2.99. The molecule has 0 amide bonds. The van der Waals surface area contributed by atoms with Gasteiger partial charge in [-0.25, -0.2) is 10.4 Å². The molecule has 136 valence electrons. The van der Waals surface area contributed by atoms with Crippen LogP contribution in [0.2, 0.25) is 0 Å². The molecule has 0 radical (unpaired) electrons. The van der Waals surface area contributed by atoms with E-state index in [4.69, 9.17) is 9.47 Å². The maximum atomic E-state index is 5.64. The van der Waals surface area contributed by atoms with Gasteiger partial charge in [-0.15, -0.1) is 0 Å². The molecule has 0 bridgehead atoms. The summed E-state index contributed by atoms with van der Waals surface area (Å²) >= 11 is 3.51. The van der Waals surface area contributed by atoms with Crippen LogP contribution in [0.25, 0.3) is 11.0 Å². The van der Waals surface area contributed by atoms with Crippen molar-refractivity contribution in [1.29, 1.82) is 0 Å². The van der Waals surface area contributed by atoms with E-state index in [0.29, 0.717) is 24.1 Å². The number of hydrogen-bond donors (Lipinski definition) is 1. The molecule has 7 heteroatoms. The fourth-order valence-electron chi connectivity index (χ4n) is 2.77. The van der Waals surface area contributed by atoms with Gasteiger partial charge in [0.25, 0.3) is 0 Å². The van der Waals surface area contributed by atoms with E-state index in [0.717, 1.165) is 27.6 Å². The highest BCUT2D eigenvalue weighted by atomic mass is 79.9. The third-order valence-corrected chi connectivity index (χ3v) is 4.47. The first-order valence-electron chi connectivity index (χ1n) is 8.42. The summed E-state index contributed by atoms with van der Waals surface area (Å²) in [5.41, 5.74) is 5.94. The fourth-order valence-corrected chi connectivity index (χ4v) is 3.39.